The van der Waals surface area contributed by atoms with Crippen LogP contribution in [0.25, 0.3) is 0 Å². The van der Waals surface area contributed by atoms with Crippen LogP contribution in [0.3, 0.4) is 0 Å². The van der Waals surface area contributed by atoms with E-state index in [-0.39, 0.29) is 9.79 Å². The van der Waals surface area contributed by atoms with Gasteiger partial charge in [0.1, 0.15) is 9.79 Å². The van der Waals surface area contributed by atoms with E-state index >= 15 is 0 Å². The molecule has 0 unspecified atom stereocenters. The summed E-state index contributed by atoms with van der Waals surface area (Å²) in [4.78, 5) is -0.606. The van der Waals surface area contributed by atoms with Crippen LogP contribution in [0.4, 0.5) is 26.3 Å². The summed E-state index contributed by atoms with van der Waals surface area (Å²) in [5, 5.41) is 45.2. The van der Waals surface area contributed by atoms with Crippen molar-refractivity contribution in [2.45, 2.75) is 22.1 Å². The minimum Gasteiger partial charge on any atom is -0.614 e. The van der Waals surface area contributed by atoms with Crippen molar-refractivity contribution < 1.29 is 45.3 Å². The predicted molar refractivity (Wildman–Crippen MR) is 70.4 cm³/mol. The van der Waals surface area contributed by atoms with Gasteiger partial charge in [-0.25, -0.2) is 0 Å². The van der Waals surface area contributed by atoms with Gasteiger partial charge in [-0.05, 0) is 21.6 Å². The van der Waals surface area contributed by atoms with Crippen LogP contribution in [0.15, 0.2) is 34.6 Å². The number of aromatic nitrogens is 4. The predicted octanol–water partition coefficient (Wildman–Crippen LogP) is 1.06. The van der Waals surface area contributed by atoms with Crippen molar-refractivity contribution in [3.63, 3.8) is 0 Å². The Morgan fingerprint density at radius 2 is 0.808 bits per heavy atom. The molecule has 0 radical (unpaired) electrons. The Balaban J connectivity index is 2.25. The van der Waals surface area contributed by atoms with E-state index in [1.165, 1.54) is 0 Å². The van der Waals surface area contributed by atoms with Crippen molar-refractivity contribution >= 4 is 21.6 Å². The van der Waals surface area contributed by atoms with Gasteiger partial charge in [-0.1, -0.05) is 0 Å². The zero-order valence-corrected chi connectivity index (χ0v) is 13.4. The Morgan fingerprint density at radius 3 is 1.00 bits per heavy atom. The molecule has 142 valence electrons. The van der Waals surface area contributed by atoms with E-state index in [0.29, 0.717) is 46.4 Å². The van der Waals surface area contributed by atoms with Crippen LogP contribution in [0.1, 0.15) is 11.6 Å². The standard InChI is InChI=1S/C10H4F6N4O4S2/c11-9(12,13)7-17(21)1-5(2-18(7)22)25-26-6-3-19(23)8(10(14,15)16)20(24)4-6/h1-4H. The van der Waals surface area contributed by atoms with Crippen molar-refractivity contribution in [3.05, 3.63) is 57.3 Å². The molecule has 0 aromatic carbocycles. The molecule has 0 aliphatic rings. The summed E-state index contributed by atoms with van der Waals surface area (Å²) < 4.78 is 72.1. The second-order valence-electron chi connectivity index (χ2n) is 4.43. The summed E-state index contributed by atoms with van der Waals surface area (Å²) in [5.74, 6) is -4.06. The molecule has 16 heteroatoms. The molecule has 0 saturated carbocycles. The largest absolute Gasteiger partial charge is 0.614 e. The van der Waals surface area contributed by atoms with E-state index in [0.717, 1.165) is 0 Å². The minimum absolute atomic E-state index is 0.303. The first-order chi connectivity index (χ1) is 11.8. The summed E-state index contributed by atoms with van der Waals surface area (Å²) in [6.45, 7) is 0. The summed E-state index contributed by atoms with van der Waals surface area (Å²) >= 11 is 0. The van der Waals surface area contributed by atoms with Gasteiger partial charge in [0, 0.05) is 0 Å². The quantitative estimate of drug-likeness (QED) is 0.317. The first-order valence-corrected chi connectivity index (χ1v) is 8.17. The van der Waals surface area contributed by atoms with Gasteiger partial charge >= 0.3 is 24.0 Å². The highest BCUT2D eigenvalue weighted by atomic mass is 33.1. The third kappa shape index (κ3) is 4.24. The van der Waals surface area contributed by atoms with Gasteiger partial charge in [-0.2, -0.15) is 26.3 Å². The smallest absolute Gasteiger partial charge is 0.550 e. The molecule has 0 saturated heterocycles. The number of nitrogens with zero attached hydrogens (tertiary/aromatic N) is 4. The number of hydrogen-bond donors (Lipinski definition) is 0. The highest BCUT2D eigenvalue weighted by Gasteiger charge is 2.51. The molecule has 2 heterocycles. The van der Waals surface area contributed by atoms with Crippen LogP contribution >= 0.6 is 21.6 Å². The second-order valence-corrected chi connectivity index (χ2v) is 6.71. The number of halogens is 6. The molecule has 0 bridgehead atoms. The highest BCUT2D eigenvalue weighted by molar-refractivity contribution is 8.76. The lowest BCUT2D eigenvalue weighted by Crippen LogP contribution is -2.52. The maximum atomic E-state index is 12.5. The Morgan fingerprint density at radius 1 is 0.577 bits per heavy atom. The molecule has 2 aromatic heterocycles. The van der Waals surface area contributed by atoms with Crippen LogP contribution in [0.2, 0.25) is 0 Å². The molecule has 0 atom stereocenters. The van der Waals surface area contributed by atoms with E-state index in [1.807, 2.05) is 0 Å². The molecule has 0 N–H and O–H groups in total. The molecule has 0 aliphatic carbocycles. The molecule has 2 aromatic rings. The van der Waals surface area contributed by atoms with E-state index < -0.39 is 42.9 Å². The minimum atomic E-state index is -5.20. The zero-order valence-electron chi connectivity index (χ0n) is 11.8. The van der Waals surface area contributed by atoms with Crippen molar-refractivity contribution in [1.29, 1.82) is 0 Å². The Labute approximate surface area is 147 Å². The fraction of sp³-hybridized carbons (Fsp3) is 0.200. The molecule has 26 heavy (non-hydrogen) atoms. The van der Waals surface area contributed by atoms with Crippen molar-refractivity contribution in [2.75, 3.05) is 0 Å². The van der Waals surface area contributed by atoms with Gasteiger partial charge in [-0.15, -0.1) is 18.9 Å². The Kier molecular flexibility index (Phi) is 5.18. The van der Waals surface area contributed by atoms with E-state index in [2.05, 4.69) is 0 Å². The average molecular weight is 422 g/mol. The van der Waals surface area contributed by atoms with Crippen LogP contribution in [0.5, 0.6) is 0 Å². The lowest BCUT2D eigenvalue weighted by atomic mass is 10.5. The topological polar surface area (TPSA) is 108 Å². The fourth-order valence-electron chi connectivity index (χ4n) is 1.65. The Bertz CT molecular complexity index is 732. The number of hydrogen-bond acceptors (Lipinski definition) is 6. The van der Waals surface area contributed by atoms with E-state index in [9.17, 15) is 47.2 Å². The lowest BCUT2D eigenvalue weighted by molar-refractivity contribution is -0.778. The van der Waals surface area contributed by atoms with Gasteiger partial charge < -0.3 is 20.8 Å². The zero-order chi connectivity index (χ0) is 19.9. The van der Waals surface area contributed by atoms with Gasteiger partial charge in [0.2, 0.25) is 24.8 Å². The molecule has 0 aliphatic heterocycles. The van der Waals surface area contributed by atoms with Gasteiger partial charge in [0.15, 0.2) is 0 Å². The SMILES string of the molecule is [O-][n+]1cc(SSc2c[n+]([O-])c(C(F)(F)F)[n+]([O-])c2)c[n+]([O-])c1C(F)(F)F. The van der Waals surface area contributed by atoms with E-state index in [1.54, 1.807) is 0 Å². The van der Waals surface area contributed by atoms with Crippen molar-refractivity contribution in [1.82, 2.24) is 0 Å². The maximum Gasteiger partial charge on any atom is 0.550 e. The average Bonchev–Trinajstić information content (AvgIpc) is 2.40. The van der Waals surface area contributed by atoms with Gasteiger partial charge in [0.25, 0.3) is 0 Å². The summed E-state index contributed by atoms with van der Waals surface area (Å²) in [5.41, 5.74) is 0. The van der Waals surface area contributed by atoms with Crippen LogP contribution in [-0.4, -0.2) is 0 Å². The van der Waals surface area contributed by atoms with E-state index in [4.69, 9.17) is 0 Å². The molecule has 2 rings (SSSR count). The molecule has 0 spiro atoms. The summed E-state index contributed by atoms with van der Waals surface area (Å²) in [6, 6.07) is 0. The molecule has 8 nitrogen and oxygen atoms in total. The summed E-state index contributed by atoms with van der Waals surface area (Å²) in [7, 11) is 0.948. The van der Waals surface area contributed by atoms with Crippen LogP contribution in [-0.2, 0) is 12.4 Å². The molecule has 0 fully saturated rings. The third-order valence-corrected chi connectivity index (χ3v) is 4.85. The molecule has 0 amide bonds. The van der Waals surface area contributed by atoms with Gasteiger partial charge in [0.05, 0.1) is 0 Å². The number of alkyl halides is 6. The van der Waals surface area contributed by atoms with Crippen molar-refractivity contribution in [3.8, 4) is 0 Å². The highest BCUT2D eigenvalue weighted by Crippen LogP contribution is 2.36. The first-order valence-electron chi connectivity index (χ1n) is 6.02. The molecular weight excluding hydrogens is 418 g/mol. The maximum absolute atomic E-state index is 12.5. The fourth-order valence-corrected chi connectivity index (χ4v) is 3.49. The van der Waals surface area contributed by atoms with Crippen LogP contribution < -0.4 is 18.9 Å². The Hall–Kier alpha value is -2.36. The number of rotatable bonds is 3. The third-order valence-electron chi connectivity index (χ3n) is 2.55. The molecular formula is C10H4F6N4O4S2. The normalized spacial score (nSPS) is 12.4. The van der Waals surface area contributed by atoms with Crippen molar-refractivity contribution in [2.24, 2.45) is 0 Å². The van der Waals surface area contributed by atoms with Gasteiger partial charge in [-0.3, -0.25) is 0 Å². The van der Waals surface area contributed by atoms with Crippen LogP contribution in [0, 0.1) is 20.8 Å². The lowest BCUT2D eigenvalue weighted by Gasteiger charge is -2.09. The first kappa shape index (κ1) is 20.0. The monoisotopic (exact) mass is 422 g/mol. The second kappa shape index (κ2) is 6.75. The summed E-state index contributed by atoms with van der Waals surface area (Å²) in [6.07, 6.45) is -8.75.